The fourth-order valence-corrected chi connectivity index (χ4v) is 4.94. The lowest BCUT2D eigenvalue weighted by molar-refractivity contribution is 0.0729. The minimum absolute atomic E-state index is 0.00325. The Balaban J connectivity index is 1.72. The third kappa shape index (κ3) is 5.38. The minimum atomic E-state index is -3.79. The molecule has 1 atom stereocenters. The van der Waals surface area contributed by atoms with Gasteiger partial charge < -0.3 is 14.8 Å². The van der Waals surface area contributed by atoms with Gasteiger partial charge >= 0.3 is 0 Å². The van der Waals surface area contributed by atoms with E-state index in [-0.39, 0.29) is 41.2 Å². The lowest BCUT2D eigenvalue weighted by atomic mass is 10.1. The molecule has 1 fully saturated rings. The van der Waals surface area contributed by atoms with Crippen LogP contribution in [-0.2, 0) is 21.2 Å². The van der Waals surface area contributed by atoms with E-state index < -0.39 is 10.0 Å². The first-order chi connectivity index (χ1) is 14.4. The molecule has 0 spiro atoms. The Morgan fingerprint density at radius 3 is 2.53 bits per heavy atom. The summed E-state index contributed by atoms with van der Waals surface area (Å²) in [6, 6.07) is 14.5. The molecule has 7 nitrogen and oxygen atoms in total. The summed E-state index contributed by atoms with van der Waals surface area (Å²) < 4.78 is 38.0. The summed E-state index contributed by atoms with van der Waals surface area (Å²) in [6.45, 7) is 3.19. The number of nitrogens with zero attached hydrogens (tertiary/aromatic N) is 1. The molecule has 0 aromatic heterocycles. The quantitative estimate of drug-likeness (QED) is 0.693. The van der Waals surface area contributed by atoms with Gasteiger partial charge in [-0.3, -0.25) is 4.79 Å². The summed E-state index contributed by atoms with van der Waals surface area (Å²) in [6.07, 6.45) is 1.63. The maximum Gasteiger partial charge on any atom is 0.251 e. The zero-order valence-corrected chi connectivity index (χ0v) is 18.2. The molecule has 0 saturated carbocycles. The van der Waals surface area contributed by atoms with Crippen LogP contribution in [0, 0.1) is 0 Å². The van der Waals surface area contributed by atoms with Crippen molar-refractivity contribution in [3.63, 3.8) is 0 Å². The van der Waals surface area contributed by atoms with E-state index in [9.17, 15) is 13.2 Å². The molecule has 2 aromatic carbocycles. The number of benzene rings is 2. The van der Waals surface area contributed by atoms with E-state index in [2.05, 4.69) is 17.4 Å². The number of carbonyl (C=O) groups is 1. The van der Waals surface area contributed by atoms with E-state index in [0.717, 1.165) is 12.8 Å². The van der Waals surface area contributed by atoms with E-state index in [1.807, 2.05) is 25.1 Å². The highest BCUT2D eigenvalue weighted by molar-refractivity contribution is 7.89. The lowest BCUT2D eigenvalue weighted by Gasteiger charge is -2.26. The largest absolute Gasteiger partial charge is 0.495 e. The molecular weight excluding hydrogens is 404 g/mol. The number of morpholine rings is 1. The van der Waals surface area contributed by atoms with E-state index in [1.165, 1.54) is 29.1 Å². The first kappa shape index (κ1) is 22.3. The van der Waals surface area contributed by atoms with Crippen LogP contribution in [0.2, 0.25) is 0 Å². The number of hydrogen-bond donors (Lipinski definition) is 1. The summed E-state index contributed by atoms with van der Waals surface area (Å²) >= 11 is 0. The maximum atomic E-state index is 13.1. The molecule has 1 aliphatic rings. The van der Waals surface area contributed by atoms with Crippen LogP contribution in [-0.4, -0.2) is 58.1 Å². The van der Waals surface area contributed by atoms with Crippen LogP contribution < -0.4 is 10.1 Å². The first-order valence-electron chi connectivity index (χ1n) is 10.0. The van der Waals surface area contributed by atoms with Crippen LogP contribution in [0.5, 0.6) is 5.75 Å². The average Bonchev–Trinajstić information content (AvgIpc) is 2.78. The van der Waals surface area contributed by atoms with Gasteiger partial charge in [0.2, 0.25) is 10.0 Å². The van der Waals surface area contributed by atoms with E-state index in [4.69, 9.17) is 9.47 Å². The fraction of sp³-hybridized carbons (Fsp3) is 0.409. The van der Waals surface area contributed by atoms with Gasteiger partial charge in [-0.2, -0.15) is 4.31 Å². The number of nitrogens with one attached hydrogen (secondary N) is 1. The molecule has 1 amide bonds. The Hall–Kier alpha value is -2.42. The van der Waals surface area contributed by atoms with Crippen LogP contribution in [0.3, 0.4) is 0 Å². The lowest BCUT2D eigenvalue weighted by Crippen LogP contribution is -2.40. The van der Waals surface area contributed by atoms with Gasteiger partial charge in [0.25, 0.3) is 5.91 Å². The van der Waals surface area contributed by atoms with Gasteiger partial charge in [-0.25, -0.2) is 8.42 Å². The Morgan fingerprint density at radius 1 is 1.17 bits per heavy atom. The third-order valence-electron chi connectivity index (χ3n) is 5.10. The summed E-state index contributed by atoms with van der Waals surface area (Å²) in [4.78, 5) is 12.7. The number of ether oxygens (including phenoxy) is 2. The van der Waals surface area contributed by atoms with Crippen molar-refractivity contribution in [2.75, 3.05) is 33.4 Å². The Labute approximate surface area is 178 Å². The predicted molar refractivity (Wildman–Crippen MR) is 114 cm³/mol. The van der Waals surface area contributed by atoms with Crippen molar-refractivity contribution >= 4 is 15.9 Å². The molecule has 30 heavy (non-hydrogen) atoms. The molecule has 162 valence electrons. The van der Waals surface area contributed by atoms with Gasteiger partial charge in [0.05, 0.1) is 20.3 Å². The predicted octanol–water partition coefficient (Wildman–Crippen LogP) is 2.47. The van der Waals surface area contributed by atoms with Gasteiger partial charge in [0, 0.05) is 24.7 Å². The SMILES string of the molecule is COc1ccc(C(=O)NC(C)CCc2ccccc2)cc1S(=O)(=O)N1CCOCC1. The number of methoxy groups -OCH3 is 1. The van der Waals surface area contributed by atoms with Crippen molar-refractivity contribution in [1.82, 2.24) is 9.62 Å². The van der Waals surface area contributed by atoms with Gasteiger partial charge in [-0.1, -0.05) is 30.3 Å². The molecule has 2 aromatic rings. The van der Waals surface area contributed by atoms with Crippen molar-refractivity contribution < 1.29 is 22.7 Å². The molecule has 1 heterocycles. The highest BCUT2D eigenvalue weighted by Gasteiger charge is 2.30. The molecule has 8 heteroatoms. The van der Waals surface area contributed by atoms with Crippen molar-refractivity contribution in [3.05, 3.63) is 59.7 Å². The number of aryl methyl sites for hydroxylation is 1. The number of rotatable bonds is 8. The number of carbonyl (C=O) groups excluding carboxylic acids is 1. The molecule has 1 saturated heterocycles. The standard InChI is InChI=1S/C22H28N2O5S/c1-17(8-9-18-6-4-3-5-7-18)23-22(25)19-10-11-20(28-2)21(16-19)30(26,27)24-12-14-29-15-13-24/h3-7,10-11,16-17H,8-9,12-15H2,1-2H3,(H,23,25). The molecule has 0 bridgehead atoms. The van der Waals surface area contributed by atoms with Crippen LogP contribution in [0.15, 0.2) is 53.4 Å². The molecule has 1 unspecified atom stereocenters. The molecule has 0 aliphatic carbocycles. The van der Waals surface area contributed by atoms with Gasteiger partial charge in [0.1, 0.15) is 10.6 Å². The maximum absolute atomic E-state index is 13.1. The minimum Gasteiger partial charge on any atom is -0.495 e. The fourth-order valence-electron chi connectivity index (χ4n) is 3.35. The van der Waals surface area contributed by atoms with Crippen molar-refractivity contribution in [1.29, 1.82) is 0 Å². The van der Waals surface area contributed by atoms with Crippen molar-refractivity contribution in [3.8, 4) is 5.75 Å². The number of hydrogen-bond acceptors (Lipinski definition) is 5. The van der Waals surface area contributed by atoms with Crippen LogP contribution in [0.4, 0.5) is 0 Å². The summed E-state index contributed by atoms with van der Waals surface area (Å²) in [5.41, 5.74) is 1.50. The first-order valence-corrected chi connectivity index (χ1v) is 11.5. The van der Waals surface area contributed by atoms with Gasteiger partial charge in [0.15, 0.2) is 0 Å². The van der Waals surface area contributed by atoms with Crippen LogP contribution in [0.25, 0.3) is 0 Å². The average molecular weight is 433 g/mol. The second-order valence-corrected chi connectivity index (χ2v) is 9.19. The molecule has 3 rings (SSSR count). The topological polar surface area (TPSA) is 84.9 Å². The second kappa shape index (κ2) is 10.1. The van der Waals surface area contributed by atoms with E-state index >= 15 is 0 Å². The van der Waals surface area contributed by atoms with Crippen molar-refractivity contribution in [2.24, 2.45) is 0 Å². The normalized spacial score (nSPS) is 16.1. The zero-order valence-electron chi connectivity index (χ0n) is 17.3. The zero-order chi connectivity index (χ0) is 21.6. The summed E-state index contributed by atoms with van der Waals surface area (Å²) in [5.74, 6) is -0.0909. The Kier molecular flexibility index (Phi) is 7.47. The Bertz CT molecular complexity index is 957. The molecule has 0 radical (unpaired) electrons. The third-order valence-corrected chi connectivity index (χ3v) is 7.02. The summed E-state index contributed by atoms with van der Waals surface area (Å²) in [7, 11) is -2.37. The highest BCUT2D eigenvalue weighted by Crippen LogP contribution is 2.28. The van der Waals surface area contributed by atoms with Crippen LogP contribution in [0.1, 0.15) is 29.3 Å². The second-order valence-electron chi connectivity index (χ2n) is 7.28. The smallest absolute Gasteiger partial charge is 0.251 e. The molecule has 1 aliphatic heterocycles. The Morgan fingerprint density at radius 2 is 1.87 bits per heavy atom. The van der Waals surface area contributed by atoms with Gasteiger partial charge in [-0.05, 0) is 43.5 Å². The van der Waals surface area contributed by atoms with Gasteiger partial charge in [-0.15, -0.1) is 0 Å². The number of amides is 1. The molecule has 1 N–H and O–H groups in total. The summed E-state index contributed by atoms with van der Waals surface area (Å²) in [5, 5.41) is 2.95. The monoisotopic (exact) mass is 432 g/mol. The van der Waals surface area contributed by atoms with E-state index in [0.29, 0.717) is 13.2 Å². The van der Waals surface area contributed by atoms with Crippen molar-refractivity contribution in [2.45, 2.75) is 30.7 Å². The van der Waals surface area contributed by atoms with Crippen LogP contribution >= 0.6 is 0 Å². The highest BCUT2D eigenvalue weighted by atomic mass is 32.2. The van der Waals surface area contributed by atoms with E-state index in [1.54, 1.807) is 6.07 Å². The number of sulfonamides is 1. The molecular formula is C22H28N2O5S.